The van der Waals surface area contributed by atoms with E-state index in [1.807, 2.05) is 0 Å². The van der Waals surface area contributed by atoms with Crippen LogP contribution in [0.5, 0.6) is 5.75 Å². The number of hydrogen-bond acceptors (Lipinski definition) is 2. The number of ether oxygens (including phenoxy) is 1. The first-order valence-corrected chi connectivity index (χ1v) is 6.66. The van der Waals surface area contributed by atoms with Gasteiger partial charge in [0.2, 0.25) is 0 Å². The maximum atomic E-state index is 5.52. The van der Waals surface area contributed by atoms with Crippen LogP contribution >= 0.6 is 0 Å². The summed E-state index contributed by atoms with van der Waals surface area (Å²) < 4.78 is 5.52. The number of fused-ring (bicyclic) bond motifs is 2. The highest BCUT2D eigenvalue weighted by atomic mass is 16.5. The van der Waals surface area contributed by atoms with E-state index in [9.17, 15) is 0 Å². The van der Waals surface area contributed by atoms with Crippen LogP contribution in [0.3, 0.4) is 0 Å². The van der Waals surface area contributed by atoms with Crippen molar-refractivity contribution in [1.82, 2.24) is 4.90 Å². The molecule has 3 atom stereocenters. The summed E-state index contributed by atoms with van der Waals surface area (Å²) in [6.45, 7) is 0. The molecular formula is C15H21NO. The lowest BCUT2D eigenvalue weighted by atomic mass is 9.89. The van der Waals surface area contributed by atoms with E-state index in [4.69, 9.17) is 4.74 Å². The summed E-state index contributed by atoms with van der Waals surface area (Å²) >= 11 is 0. The quantitative estimate of drug-likeness (QED) is 0.775. The van der Waals surface area contributed by atoms with Crippen molar-refractivity contribution >= 4 is 0 Å². The maximum Gasteiger partial charge on any atom is 0.122 e. The minimum Gasteiger partial charge on any atom is -0.496 e. The van der Waals surface area contributed by atoms with Crippen LogP contribution in [0.4, 0.5) is 0 Å². The fourth-order valence-electron chi connectivity index (χ4n) is 3.77. The van der Waals surface area contributed by atoms with Gasteiger partial charge in [0.05, 0.1) is 7.11 Å². The van der Waals surface area contributed by atoms with Gasteiger partial charge in [0.15, 0.2) is 0 Å². The molecule has 2 bridgehead atoms. The standard InChI is InChI=1S/C15H21NO/c1-16-11-6-5-8-14(16)13(10-11)12-7-3-4-9-15(12)17-2/h3-4,7,9,11,13-14H,5-6,8,10H2,1-2H3/t11-,13+,14+/m0/s1. The summed E-state index contributed by atoms with van der Waals surface area (Å²) in [4.78, 5) is 2.60. The van der Waals surface area contributed by atoms with Gasteiger partial charge in [0, 0.05) is 18.0 Å². The molecule has 1 aromatic carbocycles. The minimum atomic E-state index is 0.670. The molecule has 0 unspecified atom stereocenters. The summed E-state index contributed by atoms with van der Waals surface area (Å²) in [5.74, 6) is 1.74. The van der Waals surface area contributed by atoms with Gasteiger partial charge >= 0.3 is 0 Å². The Balaban J connectivity index is 1.94. The molecule has 0 aliphatic carbocycles. The van der Waals surface area contributed by atoms with Crippen LogP contribution in [0, 0.1) is 0 Å². The van der Waals surface area contributed by atoms with Gasteiger partial charge in [0.1, 0.15) is 5.75 Å². The van der Waals surface area contributed by atoms with Gasteiger partial charge in [-0.25, -0.2) is 0 Å². The third-order valence-corrected chi connectivity index (χ3v) is 4.67. The maximum absolute atomic E-state index is 5.52. The fourth-order valence-corrected chi connectivity index (χ4v) is 3.77. The Labute approximate surface area is 104 Å². The summed E-state index contributed by atoms with van der Waals surface area (Å²) in [6, 6.07) is 10.1. The van der Waals surface area contributed by atoms with Crippen LogP contribution in [0.15, 0.2) is 24.3 Å². The number of nitrogens with zero attached hydrogens (tertiary/aromatic N) is 1. The van der Waals surface area contributed by atoms with Crippen molar-refractivity contribution in [3.05, 3.63) is 29.8 Å². The van der Waals surface area contributed by atoms with Crippen LogP contribution in [0.1, 0.15) is 37.2 Å². The predicted molar refractivity (Wildman–Crippen MR) is 69.5 cm³/mol. The molecule has 2 aliphatic rings. The van der Waals surface area contributed by atoms with E-state index >= 15 is 0 Å². The van der Waals surface area contributed by atoms with Crippen LogP contribution < -0.4 is 4.74 Å². The molecule has 0 radical (unpaired) electrons. The first-order valence-electron chi connectivity index (χ1n) is 6.66. The van der Waals surface area contributed by atoms with Gasteiger partial charge in [-0.3, -0.25) is 4.90 Å². The largest absolute Gasteiger partial charge is 0.496 e. The first-order chi connectivity index (χ1) is 8.31. The molecule has 0 amide bonds. The highest BCUT2D eigenvalue weighted by molar-refractivity contribution is 5.38. The molecule has 0 N–H and O–H groups in total. The zero-order valence-electron chi connectivity index (χ0n) is 10.7. The summed E-state index contributed by atoms with van der Waals surface area (Å²) in [5, 5.41) is 0. The molecule has 17 heavy (non-hydrogen) atoms. The molecule has 2 saturated heterocycles. The molecule has 1 aromatic rings. The molecule has 2 aliphatic heterocycles. The van der Waals surface area contributed by atoms with Gasteiger partial charge in [-0.2, -0.15) is 0 Å². The molecule has 0 spiro atoms. The second-order valence-corrected chi connectivity index (χ2v) is 5.40. The van der Waals surface area contributed by atoms with Crippen LogP contribution in [0.2, 0.25) is 0 Å². The molecule has 3 rings (SSSR count). The average molecular weight is 231 g/mol. The van der Waals surface area contributed by atoms with E-state index in [-0.39, 0.29) is 0 Å². The molecule has 2 fully saturated rings. The van der Waals surface area contributed by atoms with E-state index in [1.54, 1.807) is 7.11 Å². The number of rotatable bonds is 2. The van der Waals surface area contributed by atoms with Crippen molar-refractivity contribution in [1.29, 1.82) is 0 Å². The highest BCUT2D eigenvalue weighted by Gasteiger charge is 2.42. The summed E-state index contributed by atoms with van der Waals surface area (Å²) in [5.41, 5.74) is 1.41. The van der Waals surface area contributed by atoms with Crippen molar-refractivity contribution < 1.29 is 4.74 Å². The monoisotopic (exact) mass is 231 g/mol. The lowest BCUT2D eigenvalue weighted by Gasteiger charge is -2.32. The van der Waals surface area contributed by atoms with E-state index in [2.05, 4.69) is 36.2 Å². The Hall–Kier alpha value is -1.02. The molecule has 2 heteroatoms. The predicted octanol–water partition coefficient (Wildman–Crippen LogP) is 3.04. The van der Waals surface area contributed by atoms with Gasteiger partial charge in [-0.15, -0.1) is 0 Å². The van der Waals surface area contributed by atoms with E-state index in [1.165, 1.54) is 31.2 Å². The smallest absolute Gasteiger partial charge is 0.122 e. The molecule has 2 nitrogen and oxygen atoms in total. The Morgan fingerprint density at radius 1 is 1.24 bits per heavy atom. The van der Waals surface area contributed by atoms with Gasteiger partial charge in [-0.05, 0) is 37.9 Å². The van der Waals surface area contributed by atoms with E-state index < -0.39 is 0 Å². The molecular weight excluding hydrogens is 210 g/mol. The topological polar surface area (TPSA) is 12.5 Å². The summed E-state index contributed by atoms with van der Waals surface area (Å²) in [6.07, 6.45) is 5.42. The second kappa shape index (κ2) is 4.34. The van der Waals surface area contributed by atoms with Crippen molar-refractivity contribution in [2.24, 2.45) is 0 Å². The van der Waals surface area contributed by atoms with Gasteiger partial charge in [-0.1, -0.05) is 24.6 Å². The van der Waals surface area contributed by atoms with Crippen molar-refractivity contribution in [2.45, 2.75) is 43.7 Å². The minimum absolute atomic E-state index is 0.670. The molecule has 2 heterocycles. The number of piperidine rings is 1. The fraction of sp³-hybridized carbons (Fsp3) is 0.600. The normalized spacial score (nSPS) is 32.7. The molecule has 0 saturated carbocycles. The number of hydrogen-bond donors (Lipinski definition) is 0. The second-order valence-electron chi connectivity index (χ2n) is 5.40. The van der Waals surface area contributed by atoms with Crippen LogP contribution in [0.25, 0.3) is 0 Å². The van der Waals surface area contributed by atoms with Crippen molar-refractivity contribution in [2.75, 3.05) is 14.2 Å². The average Bonchev–Trinajstić information content (AvgIpc) is 2.56. The first kappa shape index (κ1) is 11.1. The van der Waals surface area contributed by atoms with Crippen molar-refractivity contribution in [3.8, 4) is 5.75 Å². The Morgan fingerprint density at radius 3 is 2.82 bits per heavy atom. The zero-order chi connectivity index (χ0) is 11.8. The SMILES string of the molecule is COc1ccccc1[C@H]1C[C@@H]2CCC[C@H]1N2C. The van der Waals surface area contributed by atoms with E-state index in [0.717, 1.165) is 17.8 Å². The van der Waals surface area contributed by atoms with Gasteiger partial charge in [0.25, 0.3) is 0 Å². The Morgan fingerprint density at radius 2 is 2.06 bits per heavy atom. The lowest BCUT2D eigenvalue weighted by Crippen LogP contribution is -2.37. The number of para-hydroxylation sites is 1. The van der Waals surface area contributed by atoms with Crippen LogP contribution in [-0.2, 0) is 0 Å². The van der Waals surface area contributed by atoms with Gasteiger partial charge < -0.3 is 4.74 Å². The van der Waals surface area contributed by atoms with Crippen LogP contribution in [-0.4, -0.2) is 31.1 Å². The number of methoxy groups -OCH3 is 1. The number of likely N-dealkylation sites (N-methyl/N-ethyl adjacent to an activating group) is 1. The molecule has 92 valence electrons. The lowest BCUT2D eigenvalue weighted by molar-refractivity contribution is 0.173. The third kappa shape index (κ3) is 1.75. The van der Waals surface area contributed by atoms with Crippen molar-refractivity contribution in [3.63, 3.8) is 0 Å². The highest BCUT2D eigenvalue weighted by Crippen LogP contribution is 2.46. The Kier molecular flexibility index (Phi) is 2.83. The third-order valence-electron chi connectivity index (χ3n) is 4.67. The molecule has 0 aromatic heterocycles. The number of benzene rings is 1. The Bertz CT molecular complexity index is 404. The van der Waals surface area contributed by atoms with E-state index in [0.29, 0.717) is 5.92 Å². The zero-order valence-corrected chi connectivity index (χ0v) is 10.7. The summed E-state index contributed by atoms with van der Waals surface area (Å²) in [7, 11) is 4.08.